The molecule has 1 atom stereocenters. The van der Waals surface area contributed by atoms with E-state index < -0.39 is 11.6 Å². The van der Waals surface area contributed by atoms with Gasteiger partial charge < -0.3 is 9.73 Å². The Morgan fingerprint density at radius 2 is 2.03 bits per heavy atom. The standard InChI is InChI=1S/C21H15FN4O3S/c22-14-8-13(11-4-2-1-3-5-11)9-15-17(14)24-21(30-15)18(27)20-26-25-16(29-20)10-12-6-7-23-19(12)28/h1-5,8-9,12H,6-7,10H2,(H,23,28)/t12-/m1/s1. The average molecular weight is 422 g/mol. The number of nitrogens with zero attached hydrogens (tertiary/aromatic N) is 3. The summed E-state index contributed by atoms with van der Waals surface area (Å²) in [6, 6.07) is 12.6. The molecule has 0 bridgehead atoms. The fraction of sp³-hybridized carbons (Fsp3) is 0.190. The maximum Gasteiger partial charge on any atom is 0.291 e. The normalized spacial score (nSPS) is 16.2. The van der Waals surface area contributed by atoms with Crippen LogP contribution in [0.2, 0.25) is 0 Å². The van der Waals surface area contributed by atoms with Crippen molar-refractivity contribution in [1.29, 1.82) is 0 Å². The van der Waals surface area contributed by atoms with Crippen LogP contribution in [0.4, 0.5) is 4.39 Å². The number of halogens is 1. The van der Waals surface area contributed by atoms with Crippen LogP contribution in [0.25, 0.3) is 21.3 Å². The lowest BCUT2D eigenvalue weighted by molar-refractivity contribution is -0.122. The van der Waals surface area contributed by atoms with Gasteiger partial charge in [0.05, 0.1) is 4.70 Å². The minimum absolute atomic E-state index is 0.0584. The van der Waals surface area contributed by atoms with Gasteiger partial charge in [-0.2, -0.15) is 0 Å². The van der Waals surface area contributed by atoms with Crippen LogP contribution in [0, 0.1) is 11.7 Å². The van der Waals surface area contributed by atoms with Crippen molar-refractivity contribution >= 4 is 33.2 Å². The van der Waals surface area contributed by atoms with Crippen molar-refractivity contribution in [1.82, 2.24) is 20.5 Å². The van der Waals surface area contributed by atoms with Gasteiger partial charge in [-0.25, -0.2) is 9.37 Å². The van der Waals surface area contributed by atoms with Crippen LogP contribution in [0.3, 0.4) is 0 Å². The molecular weight excluding hydrogens is 407 g/mol. The molecule has 0 aliphatic carbocycles. The van der Waals surface area contributed by atoms with E-state index in [0.29, 0.717) is 23.2 Å². The molecule has 0 radical (unpaired) electrons. The number of amides is 1. The Kier molecular flexibility index (Phi) is 4.59. The van der Waals surface area contributed by atoms with Crippen molar-refractivity contribution in [3.05, 3.63) is 65.1 Å². The summed E-state index contributed by atoms with van der Waals surface area (Å²) in [7, 11) is 0. The van der Waals surface area contributed by atoms with Crippen LogP contribution in [0.15, 0.2) is 46.9 Å². The van der Waals surface area contributed by atoms with Gasteiger partial charge in [-0.3, -0.25) is 9.59 Å². The molecule has 2 aromatic heterocycles. The van der Waals surface area contributed by atoms with Crippen LogP contribution in [-0.4, -0.2) is 33.4 Å². The maximum atomic E-state index is 14.6. The second-order valence-corrected chi connectivity index (χ2v) is 8.03. The van der Waals surface area contributed by atoms with Gasteiger partial charge in [-0.15, -0.1) is 21.5 Å². The van der Waals surface area contributed by atoms with E-state index in [1.54, 1.807) is 6.07 Å². The summed E-state index contributed by atoms with van der Waals surface area (Å²) in [4.78, 5) is 28.6. The lowest BCUT2D eigenvalue weighted by Crippen LogP contribution is -2.20. The van der Waals surface area contributed by atoms with Crippen molar-refractivity contribution in [2.75, 3.05) is 6.54 Å². The molecule has 150 valence electrons. The number of benzene rings is 2. The summed E-state index contributed by atoms with van der Waals surface area (Å²) in [6.07, 6.45) is 0.965. The molecule has 1 fully saturated rings. The number of thiazole rings is 1. The molecule has 3 heterocycles. The van der Waals surface area contributed by atoms with Gasteiger partial charge in [0.1, 0.15) is 5.52 Å². The van der Waals surface area contributed by atoms with Crippen molar-refractivity contribution in [3.63, 3.8) is 0 Å². The van der Waals surface area contributed by atoms with E-state index in [9.17, 15) is 14.0 Å². The highest BCUT2D eigenvalue weighted by molar-refractivity contribution is 7.20. The van der Waals surface area contributed by atoms with Crippen LogP contribution in [-0.2, 0) is 11.2 Å². The average Bonchev–Trinajstić information content (AvgIpc) is 3.49. The molecule has 9 heteroatoms. The van der Waals surface area contributed by atoms with Gasteiger partial charge in [-0.05, 0) is 29.7 Å². The first-order valence-electron chi connectivity index (χ1n) is 9.39. The van der Waals surface area contributed by atoms with E-state index in [1.807, 2.05) is 30.3 Å². The molecule has 1 saturated heterocycles. The number of aromatic nitrogens is 3. The minimum atomic E-state index is -0.563. The first-order valence-corrected chi connectivity index (χ1v) is 10.2. The van der Waals surface area contributed by atoms with Gasteiger partial charge in [0, 0.05) is 18.9 Å². The Morgan fingerprint density at radius 1 is 1.20 bits per heavy atom. The van der Waals surface area contributed by atoms with Crippen LogP contribution >= 0.6 is 11.3 Å². The molecule has 0 spiro atoms. The Hall–Kier alpha value is -3.46. The zero-order valence-electron chi connectivity index (χ0n) is 15.6. The summed E-state index contributed by atoms with van der Waals surface area (Å²) in [6.45, 7) is 0.617. The highest BCUT2D eigenvalue weighted by Gasteiger charge is 2.28. The first kappa shape index (κ1) is 18.6. The van der Waals surface area contributed by atoms with Crippen LogP contribution < -0.4 is 5.32 Å². The summed E-state index contributed by atoms with van der Waals surface area (Å²) in [5.41, 5.74) is 1.71. The maximum absolute atomic E-state index is 14.6. The van der Waals surface area contributed by atoms with E-state index in [1.165, 1.54) is 6.07 Å². The number of fused-ring (bicyclic) bond motifs is 1. The number of hydrogen-bond donors (Lipinski definition) is 1. The van der Waals surface area contributed by atoms with Gasteiger partial charge in [-0.1, -0.05) is 30.3 Å². The van der Waals surface area contributed by atoms with Crippen molar-refractivity contribution < 1.29 is 18.4 Å². The molecule has 30 heavy (non-hydrogen) atoms. The van der Waals surface area contributed by atoms with Crippen LogP contribution in [0.5, 0.6) is 0 Å². The Labute approximate surface area is 174 Å². The Balaban J connectivity index is 1.43. The third kappa shape index (κ3) is 3.37. The summed E-state index contributed by atoms with van der Waals surface area (Å²) in [5.74, 6) is -1.35. The number of nitrogens with one attached hydrogen (secondary N) is 1. The predicted molar refractivity (Wildman–Crippen MR) is 108 cm³/mol. The van der Waals surface area contributed by atoms with Crippen molar-refractivity contribution in [2.45, 2.75) is 12.8 Å². The van der Waals surface area contributed by atoms with E-state index in [-0.39, 0.29) is 40.6 Å². The zero-order chi connectivity index (χ0) is 20.7. The van der Waals surface area contributed by atoms with Gasteiger partial charge in [0.25, 0.3) is 11.7 Å². The fourth-order valence-corrected chi connectivity index (χ4v) is 4.40. The van der Waals surface area contributed by atoms with Gasteiger partial charge in [0.15, 0.2) is 10.8 Å². The van der Waals surface area contributed by atoms with E-state index >= 15 is 0 Å². The molecule has 0 unspecified atom stereocenters. The first-order chi connectivity index (χ1) is 14.6. The Morgan fingerprint density at radius 3 is 2.80 bits per heavy atom. The molecule has 1 aliphatic heterocycles. The molecule has 5 rings (SSSR count). The fourth-order valence-electron chi connectivity index (χ4n) is 3.45. The molecule has 2 aromatic carbocycles. The van der Waals surface area contributed by atoms with Crippen molar-refractivity contribution in [2.24, 2.45) is 5.92 Å². The molecule has 4 aromatic rings. The molecule has 1 aliphatic rings. The third-order valence-corrected chi connectivity index (χ3v) is 6.00. The predicted octanol–water partition coefficient (Wildman–Crippen LogP) is 3.40. The van der Waals surface area contributed by atoms with E-state index in [0.717, 1.165) is 16.9 Å². The quantitative estimate of drug-likeness (QED) is 0.495. The minimum Gasteiger partial charge on any atom is -0.418 e. The molecular formula is C21H15FN4O3S. The molecule has 1 amide bonds. The van der Waals surface area contributed by atoms with Crippen molar-refractivity contribution in [3.8, 4) is 11.1 Å². The Bertz CT molecular complexity index is 1270. The number of rotatable bonds is 5. The zero-order valence-corrected chi connectivity index (χ0v) is 16.4. The highest BCUT2D eigenvalue weighted by atomic mass is 32.1. The number of ketones is 1. The lowest BCUT2D eigenvalue weighted by Gasteiger charge is -2.01. The lowest BCUT2D eigenvalue weighted by atomic mass is 10.0. The summed E-state index contributed by atoms with van der Waals surface area (Å²) >= 11 is 1.07. The number of carbonyl (C=O) groups excluding carboxylic acids is 2. The largest absolute Gasteiger partial charge is 0.418 e. The third-order valence-electron chi connectivity index (χ3n) is 4.99. The summed E-state index contributed by atoms with van der Waals surface area (Å²) < 4.78 is 20.6. The number of hydrogen-bond acceptors (Lipinski definition) is 7. The second kappa shape index (κ2) is 7.42. The van der Waals surface area contributed by atoms with Gasteiger partial charge in [0.2, 0.25) is 11.8 Å². The second-order valence-electron chi connectivity index (χ2n) is 7.00. The number of carbonyl (C=O) groups is 2. The highest BCUT2D eigenvalue weighted by Crippen LogP contribution is 2.31. The topological polar surface area (TPSA) is 98.0 Å². The SMILES string of the molecule is O=C(c1nnc(C[C@H]2CCNC2=O)o1)c1nc2c(F)cc(-c3ccccc3)cc2s1. The molecule has 7 nitrogen and oxygen atoms in total. The monoisotopic (exact) mass is 422 g/mol. The van der Waals surface area contributed by atoms with E-state index in [2.05, 4.69) is 20.5 Å². The summed E-state index contributed by atoms with van der Waals surface area (Å²) in [5, 5.41) is 10.5. The van der Waals surface area contributed by atoms with Crippen LogP contribution in [0.1, 0.15) is 28.0 Å². The molecule has 0 saturated carbocycles. The smallest absolute Gasteiger partial charge is 0.291 e. The molecule has 1 N–H and O–H groups in total. The van der Waals surface area contributed by atoms with E-state index in [4.69, 9.17) is 4.42 Å². The van der Waals surface area contributed by atoms with Gasteiger partial charge >= 0.3 is 0 Å².